The Bertz CT molecular complexity index is 1910. The summed E-state index contributed by atoms with van der Waals surface area (Å²) in [6.45, 7) is 0. The molecule has 2 heterocycles. The molecule has 4 aromatic carbocycles. The normalized spacial score (nSPS) is 11.3. The van der Waals surface area contributed by atoms with Crippen molar-refractivity contribution in [2.75, 3.05) is 18.2 Å². The van der Waals surface area contributed by atoms with Gasteiger partial charge in [0.1, 0.15) is 22.7 Å². The Labute approximate surface area is 219 Å². The average Bonchev–Trinajstić information content (AvgIpc) is 3.29. The molecule has 0 aliphatic carbocycles. The third-order valence-electron chi connectivity index (χ3n) is 6.14. The van der Waals surface area contributed by atoms with Crippen LogP contribution in [0.1, 0.15) is 0 Å². The van der Waals surface area contributed by atoms with Gasteiger partial charge in [-0.3, -0.25) is 14.2 Å². The van der Waals surface area contributed by atoms with E-state index in [1.54, 1.807) is 42.5 Å². The number of amides is 1. The molecule has 1 amide bonds. The van der Waals surface area contributed by atoms with E-state index in [-0.39, 0.29) is 22.5 Å². The lowest BCUT2D eigenvalue weighted by atomic mass is 10.1. The van der Waals surface area contributed by atoms with E-state index in [0.29, 0.717) is 27.9 Å². The Kier molecular flexibility index (Phi) is 6.05. The van der Waals surface area contributed by atoms with Crippen molar-refractivity contribution in [2.45, 2.75) is 5.16 Å². The Hall–Kier alpha value is -4.63. The highest BCUT2D eigenvalue weighted by Gasteiger charge is 2.18. The molecule has 0 atom stereocenters. The van der Waals surface area contributed by atoms with Gasteiger partial charge < -0.3 is 14.5 Å². The van der Waals surface area contributed by atoms with Crippen molar-refractivity contribution in [3.8, 4) is 11.4 Å². The summed E-state index contributed by atoms with van der Waals surface area (Å²) < 4.78 is 27.4. The van der Waals surface area contributed by atoms with Crippen molar-refractivity contribution in [3.05, 3.63) is 101 Å². The number of hydrogen-bond donors (Lipinski definition) is 1. The van der Waals surface area contributed by atoms with Crippen LogP contribution in [0.3, 0.4) is 0 Å². The molecule has 2 aromatic heterocycles. The number of methoxy groups -OCH3 is 1. The van der Waals surface area contributed by atoms with Crippen molar-refractivity contribution >= 4 is 56.2 Å². The second-order valence-corrected chi connectivity index (χ2v) is 9.43. The van der Waals surface area contributed by atoms with E-state index in [2.05, 4.69) is 10.3 Å². The van der Waals surface area contributed by atoms with Crippen LogP contribution >= 0.6 is 11.8 Å². The Morgan fingerprint density at radius 2 is 1.71 bits per heavy atom. The lowest BCUT2D eigenvalue weighted by Crippen LogP contribution is -2.23. The number of furan rings is 1. The van der Waals surface area contributed by atoms with E-state index in [1.165, 1.54) is 23.8 Å². The summed E-state index contributed by atoms with van der Waals surface area (Å²) >= 11 is 1.04. The molecular formula is C29H20FN3O4S. The molecule has 9 heteroatoms. The van der Waals surface area contributed by atoms with Gasteiger partial charge in [-0.05, 0) is 36.4 Å². The molecule has 1 N–H and O–H groups in total. The second kappa shape index (κ2) is 9.68. The van der Waals surface area contributed by atoms with Gasteiger partial charge in [0.05, 0.1) is 35.1 Å². The van der Waals surface area contributed by atoms with E-state index in [9.17, 15) is 14.0 Å². The average molecular weight is 526 g/mol. The molecule has 188 valence electrons. The fraction of sp³-hybridized carbons (Fsp3) is 0.0690. The quantitative estimate of drug-likeness (QED) is 0.207. The van der Waals surface area contributed by atoms with Gasteiger partial charge >= 0.3 is 0 Å². The number of fused-ring (bicyclic) bond motifs is 4. The van der Waals surface area contributed by atoms with Gasteiger partial charge in [0.25, 0.3) is 5.56 Å². The van der Waals surface area contributed by atoms with Gasteiger partial charge in [0.15, 0.2) is 5.16 Å². The van der Waals surface area contributed by atoms with Crippen LogP contribution in [0, 0.1) is 5.82 Å². The van der Waals surface area contributed by atoms with Gasteiger partial charge in [-0.2, -0.15) is 0 Å². The van der Waals surface area contributed by atoms with E-state index >= 15 is 0 Å². The van der Waals surface area contributed by atoms with Gasteiger partial charge in [0, 0.05) is 16.8 Å². The van der Waals surface area contributed by atoms with E-state index in [1.807, 2.05) is 30.3 Å². The minimum Gasteiger partial charge on any atom is -0.495 e. The zero-order chi connectivity index (χ0) is 26.2. The third kappa shape index (κ3) is 4.16. The van der Waals surface area contributed by atoms with Crippen LogP contribution in [0.2, 0.25) is 0 Å². The maximum absolute atomic E-state index is 14.7. The Morgan fingerprint density at radius 3 is 2.53 bits per heavy atom. The second-order valence-electron chi connectivity index (χ2n) is 8.49. The molecule has 0 unspecified atom stereocenters. The van der Waals surface area contributed by atoms with Gasteiger partial charge in [-0.25, -0.2) is 9.37 Å². The van der Waals surface area contributed by atoms with E-state index in [4.69, 9.17) is 9.15 Å². The highest BCUT2D eigenvalue weighted by atomic mass is 32.2. The molecule has 0 spiro atoms. The molecule has 38 heavy (non-hydrogen) atoms. The highest BCUT2D eigenvalue weighted by Crippen LogP contribution is 2.36. The Morgan fingerprint density at radius 1 is 0.974 bits per heavy atom. The molecule has 0 fully saturated rings. The minimum absolute atomic E-state index is 0.0654. The van der Waals surface area contributed by atoms with E-state index < -0.39 is 11.4 Å². The first-order valence-electron chi connectivity index (χ1n) is 11.7. The smallest absolute Gasteiger partial charge is 0.266 e. The molecule has 0 saturated heterocycles. The molecule has 7 nitrogen and oxygen atoms in total. The molecule has 6 rings (SSSR count). The number of nitrogens with one attached hydrogen (secondary N) is 1. The maximum Gasteiger partial charge on any atom is 0.266 e. The summed E-state index contributed by atoms with van der Waals surface area (Å²) in [5.41, 5.74) is 1.90. The largest absolute Gasteiger partial charge is 0.495 e. The van der Waals surface area contributed by atoms with E-state index in [0.717, 1.165) is 28.1 Å². The van der Waals surface area contributed by atoms with Crippen molar-refractivity contribution in [2.24, 2.45) is 0 Å². The van der Waals surface area contributed by atoms with Crippen LogP contribution in [0.25, 0.3) is 38.5 Å². The van der Waals surface area contributed by atoms with Crippen LogP contribution in [-0.2, 0) is 4.79 Å². The molecule has 0 radical (unpaired) electrons. The van der Waals surface area contributed by atoms with Crippen molar-refractivity contribution in [3.63, 3.8) is 0 Å². The molecular weight excluding hydrogens is 505 g/mol. The molecule has 6 aromatic rings. The lowest BCUT2D eigenvalue weighted by molar-refractivity contribution is -0.113. The predicted octanol–water partition coefficient (Wildman–Crippen LogP) is 6.16. The number of carbonyl (C=O) groups is 1. The van der Waals surface area contributed by atoms with Crippen molar-refractivity contribution < 1.29 is 18.3 Å². The number of thioether (sulfide) groups is 1. The van der Waals surface area contributed by atoms with Crippen LogP contribution in [-0.4, -0.2) is 28.3 Å². The van der Waals surface area contributed by atoms with Crippen LogP contribution in [0.15, 0.2) is 99.3 Å². The summed E-state index contributed by atoms with van der Waals surface area (Å²) in [6, 6.07) is 24.0. The van der Waals surface area contributed by atoms with Crippen LogP contribution in [0.4, 0.5) is 10.1 Å². The highest BCUT2D eigenvalue weighted by molar-refractivity contribution is 7.99. The predicted molar refractivity (Wildman–Crippen MR) is 147 cm³/mol. The third-order valence-corrected chi connectivity index (χ3v) is 7.08. The Balaban J connectivity index is 1.32. The number of halogens is 1. The number of anilines is 1. The lowest BCUT2D eigenvalue weighted by Gasteiger charge is -2.14. The number of para-hydroxylation sites is 3. The maximum atomic E-state index is 14.7. The zero-order valence-electron chi connectivity index (χ0n) is 20.1. The topological polar surface area (TPSA) is 86.4 Å². The molecule has 0 bridgehead atoms. The SMILES string of the molecule is COc1cc2c(cc1NC(=O)CSc1nc3ccccc3c(=O)n1-c1ccccc1F)oc1ccccc12. The van der Waals surface area contributed by atoms with Crippen molar-refractivity contribution in [1.29, 1.82) is 0 Å². The first-order chi connectivity index (χ1) is 18.5. The number of benzene rings is 4. The molecule has 0 aliphatic heterocycles. The van der Waals surface area contributed by atoms with Crippen LogP contribution in [0.5, 0.6) is 5.75 Å². The molecule has 0 aliphatic rings. The van der Waals surface area contributed by atoms with Crippen LogP contribution < -0.4 is 15.6 Å². The number of rotatable bonds is 6. The standard InChI is InChI=1S/C29H20FN3O4S/c1-36-26-14-19-17-8-3-7-13-24(17)37-25(19)15-22(26)31-27(34)16-38-29-32-21-11-5-2-9-18(21)28(35)33(29)23-12-6-4-10-20(23)30/h2-15H,16H2,1H3,(H,31,34). The summed E-state index contributed by atoms with van der Waals surface area (Å²) in [4.78, 5) is 30.9. The fourth-order valence-corrected chi connectivity index (χ4v) is 5.19. The van der Waals surface area contributed by atoms with Crippen molar-refractivity contribution in [1.82, 2.24) is 9.55 Å². The zero-order valence-corrected chi connectivity index (χ0v) is 20.9. The summed E-state index contributed by atoms with van der Waals surface area (Å²) in [5.74, 6) is -0.525. The molecule has 0 saturated carbocycles. The monoisotopic (exact) mass is 525 g/mol. The first kappa shape index (κ1) is 23.7. The number of carbonyl (C=O) groups excluding carboxylic acids is 1. The fourth-order valence-electron chi connectivity index (χ4n) is 4.39. The van der Waals surface area contributed by atoms with Gasteiger partial charge in [-0.15, -0.1) is 0 Å². The summed E-state index contributed by atoms with van der Waals surface area (Å²) in [5, 5.41) is 5.24. The number of ether oxygens (including phenoxy) is 1. The number of nitrogens with zero attached hydrogens (tertiary/aromatic N) is 2. The first-order valence-corrected chi connectivity index (χ1v) is 12.7. The number of aromatic nitrogens is 2. The minimum atomic E-state index is -0.568. The summed E-state index contributed by atoms with van der Waals surface area (Å²) in [7, 11) is 1.53. The summed E-state index contributed by atoms with van der Waals surface area (Å²) in [6.07, 6.45) is 0. The van der Waals surface area contributed by atoms with Gasteiger partial charge in [0.2, 0.25) is 5.91 Å². The number of hydrogen-bond acceptors (Lipinski definition) is 6. The van der Waals surface area contributed by atoms with Gasteiger partial charge in [-0.1, -0.05) is 54.2 Å².